The fraction of sp³-hybridized carbons (Fsp3) is 0.750. The van der Waals surface area contributed by atoms with Crippen LogP contribution >= 0.6 is 11.3 Å². The number of aliphatic hydroxyl groups excluding tert-OH is 1. The molecule has 2 rings (SSSR count). The van der Waals surface area contributed by atoms with Gasteiger partial charge in [0.2, 0.25) is 0 Å². The summed E-state index contributed by atoms with van der Waals surface area (Å²) in [5.41, 5.74) is 1.15. The molecule has 15 heavy (non-hydrogen) atoms. The van der Waals surface area contributed by atoms with Gasteiger partial charge in [0, 0.05) is 5.38 Å². The molecule has 0 spiro atoms. The molecule has 1 heterocycles. The first-order valence-electron chi connectivity index (χ1n) is 5.85. The van der Waals surface area contributed by atoms with Crippen molar-refractivity contribution in [1.29, 1.82) is 0 Å². The highest BCUT2D eigenvalue weighted by molar-refractivity contribution is 7.09. The average Bonchev–Trinajstić information content (AvgIpc) is 2.84. The number of aryl methyl sites for hydroxylation is 2. The molecular weight excluding hydrogens is 206 g/mol. The number of aliphatic hydroxyl groups is 1. The Bertz CT molecular complexity index is 304. The monoisotopic (exact) mass is 225 g/mol. The smallest absolute Gasteiger partial charge is 0.0897 e. The molecule has 1 aromatic rings. The lowest BCUT2D eigenvalue weighted by molar-refractivity contribution is 0.102. The highest BCUT2D eigenvalue weighted by atomic mass is 32.1. The van der Waals surface area contributed by atoms with Crippen LogP contribution in [0.4, 0.5) is 0 Å². The van der Waals surface area contributed by atoms with Gasteiger partial charge in [-0.15, -0.1) is 11.3 Å². The predicted molar refractivity (Wildman–Crippen MR) is 63.1 cm³/mol. The van der Waals surface area contributed by atoms with E-state index in [1.54, 1.807) is 11.3 Å². The second kappa shape index (κ2) is 5.08. The third kappa shape index (κ3) is 3.02. The Morgan fingerprint density at radius 2 is 2.27 bits per heavy atom. The SMILES string of the molecule is Cc1nc(CCC(O)C2CCCC2)cs1. The molecule has 1 N–H and O–H groups in total. The Labute approximate surface area is 95.4 Å². The van der Waals surface area contributed by atoms with Gasteiger partial charge in [-0.3, -0.25) is 0 Å². The summed E-state index contributed by atoms with van der Waals surface area (Å²) < 4.78 is 0. The molecule has 1 unspecified atom stereocenters. The standard InChI is InChI=1S/C12H19NOS/c1-9-13-11(8-15-9)6-7-12(14)10-4-2-3-5-10/h8,10,12,14H,2-7H2,1H3. The molecule has 0 aliphatic heterocycles. The topological polar surface area (TPSA) is 33.1 Å². The van der Waals surface area contributed by atoms with Crippen molar-refractivity contribution in [2.24, 2.45) is 5.92 Å². The van der Waals surface area contributed by atoms with Gasteiger partial charge in [0.05, 0.1) is 16.8 Å². The molecule has 1 saturated carbocycles. The molecule has 0 bridgehead atoms. The predicted octanol–water partition coefficient (Wildman–Crippen LogP) is 2.94. The van der Waals surface area contributed by atoms with E-state index in [2.05, 4.69) is 10.4 Å². The normalized spacial score (nSPS) is 19.6. The van der Waals surface area contributed by atoms with Gasteiger partial charge in [-0.2, -0.15) is 0 Å². The zero-order valence-electron chi connectivity index (χ0n) is 9.28. The van der Waals surface area contributed by atoms with E-state index in [1.807, 2.05) is 6.92 Å². The van der Waals surface area contributed by atoms with Crippen LogP contribution in [-0.4, -0.2) is 16.2 Å². The summed E-state index contributed by atoms with van der Waals surface area (Å²) in [5.74, 6) is 0.560. The maximum Gasteiger partial charge on any atom is 0.0897 e. The van der Waals surface area contributed by atoms with E-state index >= 15 is 0 Å². The molecule has 1 fully saturated rings. The minimum absolute atomic E-state index is 0.102. The van der Waals surface area contributed by atoms with Gasteiger partial charge in [0.15, 0.2) is 0 Å². The summed E-state index contributed by atoms with van der Waals surface area (Å²) in [6, 6.07) is 0. The summed E-state index contributed by atoms with van der Waals surface area (Å²) in [6.07, 6.45) is 6.76. The van der Waals surface area contributed by atoms with Gasteiger partial charge in [-0.25, -0.2) is 4.98 Å². The number of thiazole rings is 1. The number of rotatable bonds is 4. The van der Waals surface area contributed by atoms with Crippen LogP contribution in [0.15, 0.2) is 5.38 Å². The Hall–Kier alpha value is -0.410. The van der Waals surface area contributed by atoms with E-state index in [9.17, 15) is 5.11 Å². The minimum atomic E-state index is -0.102. The van der Waals surface area contributed by atoms with Crippen LogP contribution in [0.25, 0.3) is 0 Å². The van der Waals surface area contributed by atoms with Crippen molar-refractivity contribution in [2.45, 2.75) is 51.6 Å². The lowest BCUT2D eigenvalue weighted by atomic mass is 9.96. The van der Waals surface area contributed by atoms with Crippen molar-refractivity contribution in [3.05, 3.63) is 16.1 Å². The summed E-state index contributed by atoms with van der Waals surface area (Å²) in [5, 5.41) is 13.2. The third-order valence-corrected chi connectivity index (χ3v) is 4.13. The van der Waals surface area contributed by atoms with Crippen molar-refractivity contribution in [3.63, 3.8) is 0 Å². The van der Waals surface area contributed by atoms with Gasteiger partial charge < -0.3 is 5.11 Å². The molecular formula is C12H19NOS. The van der Waals surface area contributed by atoms with E-state index in [0.29, 0.717) is 5.92 Å². The number of hydrogen-bond donors (Lipinski definition) is 1. The molecule has 84 valence electrons. The fourth-order valence-corrected chi connectivity index (χ4v) is 3.04. The van der Waals surface area contributed by atoms with Gasteiger partial charge in [0.25, 0.3) is 0 Å². The van der Waals surface area contributed by atoms with Gasteiger partial charge >= 0.3 is 0 Å². The van der Waals surface area contributed by atoms with E-state index in [1.165, 1.54) is 25.7 Å². The van der Waals surface area contributed by atoms with Crippen LogP contribution in [0, 0.1) is 12.8 Å². The van der Waals surface area contributed by atoms with E-state index in [4.69, 9.17) is 0 Å². The van der Waals surface area contributed by atoms with Crippen molar-refractivity contribution in [1.82, 2.24) is 4.98 Å². The lowest BCUT2D eigenvalue weighted by Gasteiger charge is -2.16. The molecule has 1 aliphatic carbocycles. The molecule has 0 radical (unpaired) electrons. The fourth-order valence-electron chi connectivity index (χ4n) is 2.40. The van der Waals surface area contributed by atoms with Crippen molar-refractivity contribution >= 4 is 11.3 Å². The average molecular weight is 225 g/mol. The van der Waals surface area contributed by atoms with Crippen LogP contribution in [0.2, 0.25) is 0 Å². The first kappa shape index (κ1) is 11.1. The summed E-state index contributed by atoms with van der Waals surface area (Å²) in [4.78, 5) is 4.42. The van der Waals surface area contributed by atoms with E-state index in [-0.39, 0.29) is 6.10 Å². The number of hydrogen-bond acceptors (Lipinski definition) is 3. The molecule has 2 nitrogen and oxygen atoms in total. The van der Waals surface area contributed by atoms with Crippen LogP contribution in [0.3, 0.4) is 0 Å². The third-order valence-electron chi connectivity index (χ3n) is 3.31. The summed E-state index contributed by atoms with van der Waals surface area (Å²) >= 11 is 1.70. The molecule has 0 saturated heterocycles. The zero-order valence-corrected chi connectivity index (χ0v) is 10.1. The second-order valence-corrected chi connectivity index (χ2v) is 5.57. The van der Waals surface area contributed by atoms with Crippen LogP contribution in [-0.2, 0) is 6.42 Å². The van der Waals surface area contributed by atoms with Gasteiger partial charge in [-0.05, 0) is 38.5 Å². The zero-order chi connectivity index (χ0) is 10.7. The molecule has 1 aromatic heterocycles. The Balaban J connectivity index is 1.77. The maximum absolute atomic E-state index is 9.99. The Morgan fingerprint density at radius 1 is 1.53 bits per heavy atom. The summed E-state index contributed by atoms with van der Waals surface area (Å²) in [6.45, 7) is 2.03. The highest BCUT2D eigenvalue weighted by Gasteiger charge is 2.22. The maximum atomic E-state index is 9.99. The van der Waals surface area contributed by atoms with Crippen LogP contribution in [0.5, 0.6) is 0 Å². The van der Waals surface area contributed by atoms with Gasteiger partial charge in [-0.1, -0.05) is 12.8 Å². The highest BCUT2D eigenvalue weighted by Crippen LogP contribution is 2.29. The number of nitrogens with zero attached hydrogens (tertiary/aromatic N) is 1. The Kier molecular flexibility index (Phi) is 3.76. The van der Waals surface area contributed by atoms with Crippen molar-refractivity contribution < 1.29 is 5.11 Å². The Morgan fingerprint density at radius 3 is 2.87 bits per heavy atom. The first-order chi connectivity index (χ1) is 7.25. The van der Waals surface area contributed by atoms with Crippen LogP contribution < -0.4 is 0 Å². The largest absolute Gasteiger partial charge is 0.393 e. The van der Waals surface area contributed by atoms with Crippen molar-refractivity contribution in [3.8, 4) is 0 Å². The lowest BCUT2D eigenvalue weighted by Crippen LogP contribution is -2.18. The van der Waals surface area contributed by atoms with Gasteiger partial charge in [0.1, 0.15) is 0 Å². The number of aromatic nitrogens is 1. The second-order valence-electron chi connectivity index (χ2n) is 4.51. The quantitative estimate of drug-likeness (QED) is 0.854. The van der Waals surface area contributed by atoms with E-state index < -0.39 is 0 Å². The summed E-state index contributed by atoms with van der Waals surface area (Å²) in [7, 11) is 0. The van der Waals surface area contributed by atoms with Crippen molar-refractivity contribution in [2.75, 3.05) is 0 Å². The molecule has 1 atom stereocenters. The first-order valence-corrected chi connectivity index (χ1v) is 6.73. The molecule has 3 heteroatoms. The minimum Gasteiger partial charge on any atom is -0.393 e. The van der Waals surface area contributed by atoms with E-state index in [0.717, 1.165) is 23.5 Å². The molecule has 0 amide bonds. The molecule has 1 aliphatic rings. The van der Waals surface area contributed by atoms with Crippen LogP contribution in [0.1, 0.15) is 42.8 Å². The molecule has 0 aromatic carbocycles.